The van der Waals surface area contributed by atoms with Gasteiger partial charge >= 0.3 is 5.97 Å². The molecule has 0 spiro atoms. The van der Waals surface area contributed by atoms with Crippen LogP contribution in [0.2, 0.25) is 0 Å². The first-order chi connectivity index (χ1) is 8.93. The van der Waals surface area contributed by atoms with Gasteiger partial charge in [-0.25, -0.2) is 0 Å². The molecule has 0 radical (unpaired) electrons. The summed E-state index contributed by atoms with van der Waals surface area (Å²) in [5.41, 5.74) is 0.846. The highest BCUT2D eigenvalue weighted by Gasteiger charge is 2.22. The number of ether oxygens (including phenoxy) is 1. The number of carboxylic acid groups (broad SMARTS) is 1. The fourth-order valence-electron chi connectivity index (χ4n) is 1.72. The summed E-state index contributed by atoms with van der Waals surface area (Å²) in [7, 11) is 4.79. The third-order valence-electron chi connectivity index (χ3n) is 2.89. The first-order valence-corrected chi connectivity index (χ1v) is 6.00. The molecule has 0 saturated heterocycles. The van der Waals surface area contributed by atoms with E-state index in [1.54, 1.807) is 39.4 Å². The number of amides is 1. The van der Waals surface area contributed by atoms with E-state index >= 15 is 0 Å². The lowest BCUT2D eigenvalue weighted by atomic mass is 9.95. The van der Waals surface area contributed by atoms with Crippen LogP contribution in [0.15, 0.2) is 24.3 Å². The van der Waals surface area contributed by atoms with Gasteiger partial charge in [0.2, 0.25) is 5.91 Å². The van der Waals surface area contributed by atoms with Crippen LogP contribution in [-0.4, -0.2) is 43.1 Å². The molecule has 5 heteroatoms. The minimum Gasteiger partial charge on any atom is -0.497 e. The van der Waals surface area contributed by atoms with Crippen molar-refractivity contribution in [3.05, 3.63) is 29.8 Å². The van der Waals surface area contributed by atoms with E-state index in [-0.39, 0.29) is 12.3 Å². The van der Waals surface area contributed by atoms with Gasteiger partial charge in [-0.3, -0.25) is 9.59 Å². The second kappa shape index (κ2) is 6.78. The van der Waals surface area contributed by atoms with Crippen molar-refractivity contribution in [2.24, 2.45) is 5.92 Å². The SMILES string of the molecule is COc1cccc(CC(CC(=O)N(C)C)C(=O)O)c1. The average molecular weight is 265 g/mol. The van der Waals surface area contributed by atoms with E-state index in [0.717, 1.165) is 5.56 Å². The Morgan fingerprint density at radius 3 is 2.58 bits per heavy atom. The van der Waals surface area contributed by atoms with Crippen molar-refractivity contribution in [2.75, 3.05) is 21.2 Å². The molecule has 0 heterocycles. The molecule has 1 amide bonds. The molecule has 0 fully saturated rings. The largest absolute Gasteiger partial charge is 0.497 e. The van der Waals surface area contributed by atoms with Crippen LogP contribution in [0.3, 0.4) is 0 Å². The smallest absolute Gasteiger partial charge is 0.307 e. The Hall–Kier alpha value is -2.04. The first-order valence-electron chi connectivity index (χ1n) is 6.00. The molecule has 0 aliphatic heterocycles. The molecule has 1 aromatic rings. The molecule has 0 saturated carbocycles. The van der Waals surface area contributed by atoms with Crippen LogP contribution in [0, 0.1) is 5.92 Å². The highest BCUT2D eigenvalue weighted by Crippen LogP contribution is 2.18. The molecule has 1 unspecified atom stereocenters. The molecule has 104 valence electrons. The van der Waals surface area contributed by atoms with Crippen LogP contribution in [0.25, 0.3) is 0 Å². The molecule has 5 nitrogen and oxygen atoms in total. The van der Waals surface area contributed by atoms with Gasteiger partial charge < -0.3 is 14.7 Å². The van der Waals surface area contributed by atoms with Crippen LogP contribution >= 0.6 is 0 Å². The number of carbonyl (C=O) groups excluding carboxylic acids is 1. The zero-order valence-corrected chi connectivity index (χ0v) is 11.4. The average Bonchev–Trinajstić information content (AvgIpc) is 2.37. The summed E-state index contributed by atoms with van der Waals surface area (Å²) in [6.07, 6.45) is 0.311. The van der Waals surface area contributed by atoms with E-state index in [0.29, 0.717) is 12.2 Å². The number of nitrogens with zero attached hydrogens (tertiary/aromatic N) is 1. The van der Waals surface area contributed by atoms with Crippen molar-refractivity contribution in [3.8, 4) is 5.75 Å². The molecule has 1 rings (SSSR count). The fourth-order valence-corrected chi connectivity index (χ4v) is 1.72. The van der Waals surface area contributed by atoms with Gasteiger partial charge in [0.25, 0.3) is 0 Å². The molecule has 1 N–H and O–H groups in total. The van der Waals surface area contributed by atoms with Crippen LogP contribution in [0.1, 0.15) is 12.0 Å². The van der Waals surface area contributed by atoms with Gasteiger partial charge in [-0.15, -0.1) is 0 Å². The molecule has 1 atom stereocenters. The second-order valence-electron chi connectivity index (χ2n) is 4.58. The van der Waals surface area contributed by atoms with Gasteiger partial charge in [0.1, 0.15) is 5.75 Å². The molecule has 0 bridgehead atoms. The topological polar surface area (TPSA) is 66.8 Å². The zero-order valence-electron chi connectivity index (χ0n) is 11.4. The predicted molar refractivity (Wildman–Crippen MR) is 71.1 cm³/mol. The van der Waals surface area contributed by atoms with Crippen molar-refractivity contribution >= 4 is 11.9 Å². The monoisotopic (exact) mass is 265 g/mol. The van der Waals surface area contributed by atoms with Crippen molar-refractivity contribution < 1.29 is 19.4 Å². The standard InChI is InChI=1S/C14H19NO4/c1-15(2)13(16)9-11(14(17)18)7-10-5-4-6-12(8-10)19-3/h4-6,8,11H,7,9H2,1-3H3,(H,17,18). The highest BCUT2D eigenvalue weighted by atomic mass is 16.5. The zero-order chi connectivity index (χ0) is 14.4. The van der Waals surface area contributed by atoms with E-state index in [9.17, 15) is 14.7 Å². The van der Waals surface area contributed by atoms with E-state index in [1.165, 1.54) is 4.90 Å². The third-order valence-corrected chi connectivity index (χ3v) is 2.89. The number of aliphatic carboxylic acids is 1. The Kier molecular flexibility index (Phi) is 5.36. The second-order valence-corrected chi connectivity index (χ2v) is 4.58. The van der Waals surface area contributed by atoms with Gasteiger partial charge in [0.15, 0.2) is 0 Å². The number of hydrogen-bond donors (Lipinski definition) is 1. The lowest BCUT2D eigenvalue weighted by Crippen LogP contribution is -2.28. The number of hydrogen-bond acceptors (Lipinski definition) is 3. The summed E-state index contributed by atoms with van der Waals surface area (Å²) < 4.78 is 5.09. The number of benzene rings is 1. The van der Waals surface area contributed by atoms with Crippen molar-refractivity contribution in [1.29, 1.82) is 0 Å². The number of methoxy groups -OCH3 is 1. The van der Waals surface area contributed by atoms with Gasteiger partial charge in [-0.2, -0.15) is 0 Å². The Labute approximate surface area is 112 Å². The van der Waals surface area contributed by atoms with E-state index in [1.807, 2.05) is 6.07 Å². The Balaban J connectivity index is 2.78. The summed E-state index contributed by atoms with van der Waals surface area (Å²) in [6, 6.07) is 7.22. The lowest BCUT2D eigenvalue weighted by Gasteiger charge is -2.16. The molecular formula is C14H19NO4. The third kappa shape index (κ3) is 4.62. The fraction of sp³-hybridized carbons (Fsp3) is 0.429. The minimum atomic E-state index is -0.960. The molecule has 0 aliphatic carbocycles. The number of rotatable bonds is 6. The van der Waals surface area contributed by atoms with E-state index in [4.69, 9.17) is 4.74 Å². The van der Waals surface area contributed by atoms with Gasteiger partial charge in [0.05, 0.1) is 13.0 Å². The van der Waals surface area contributed by atoms with Gasteiger partial charge in [0, 0.05) is 20.5 Å². The normalized spacial score (nSPS) is 11.7. The number of carboxylic acids is 1. The van der Waals surface area contributed by atoms with Crippen molar-refractivity contribution in [1.82, 2.24) is 4.90 Å². The van der Waals surface area contributed by atoms with E-state index in [2.05, 4.69) is 0 Å². The molecule has 19 heavy (non-hydrogen) atoms. The first kappa shape index (κ1) is 15.0. The quantitative estimate of drug-likeness (QED) is 0.844. The summed E-state index contributed by atoms with van der Waals surface area (Å²) in [6.45, 7) is 0. The number of carbonyl (C=O) groups is 2. The molecule has 1 aromatic carbocycles. The van der Waals surface area contributed by atoms with E-state index < -0.39 is 11.9 Å². The Morgan fingerprint density at radius 2 is 2.05 bits per heavy atom. The summed E-state index contributed by atoms with van der Waals surface area (Å²) in [5.74, 6) is -1.18. The van der Waals surface area contributed by atoms with Gasteiger partial charge in [-0.1, -0.05) is 12.1 Å². The summed E-state index contributed by atoms with van der Waals surface area (Å²) in [4.78, 5) is 24.2. The maximum atomic E-state index is 11.6. The van der Waals surface area contributed by atoms with Crippen molar-refractivity contribution in [2.45, 2.75) is 12.8 Å². The lowest BCUT2D eigenvalue weighted by molar-refractivity contribution is -0.145. The molecular weight excluding hydrogens is 246 g/mol. The van der Waals surface area contributed by atoms with Gasteiger partial charge in [-0.05, 0) is 24.1 Å². The highest BCUT2D eigenvalue weighted by molar-refractivity contribution is 5.82. The molecule has 0 aromatic heterocycles. The minimum absolute atomic E-state index is 0.000453. The van der Waals surface area contributed by atoms with Crippen LogP contribution in [0.5, 0.6) is 5.75 Å². The predicted octanol–water partition coefficient (Wildman–Crippen LogP) is 1.42. The Bertz CT molecular complexity index is 457. The Morgan fingerprint density at radius 1 is 1.37 bits per heavy atom. The maximum Gasteiger partial charge on any atom is 0.307 e. The molecule has 0 aliphatic rings. The van der Waals surface area contributed by atoms with Crippen molar-refractivity contribution in [3.63, 3.8) is 0 Å². The summed E-state index contributed by atoms with van der Waals surface area (Å²) in [5, 5.41) is 9.19. The summed E-state index contributed by atoms with van der Waals surface area (Å²) >= 11 is 0. The van der Waals surface area contributed by atoms with Crippen LogP contribution in [-0.2, 0) is 16.0 Å². The van der Waals surface area contributed by atoms with Crippen LogP contribution in [0.4, 0.5) is 0 Å². The maximum absolute atomic E-state index is 11.6. The van der Waals surface area contributed by atoms with Crippen LogP contribution < -0.4 is 4.74 Å².